The maximum atomic E-state index is 14.3. The molecule has 1 spiro atoms. The van der Waals surface area contributed by atoms with E-state index < -0.39 is 21.9 Å². The Hall–Kier alpha value is -3.08. The van der Waals surface area contributed by atoms with Gasteiger partial charge in [-0.05, 0) is 110 Å². The molecule has 5 aliphatic rings. The van der Waals surface area contributed by atoms with E-state index in [4.69, 9.17) is 21.1 Å². The van der Waals surface area contributed by atoms with Crippen LogP contribution in [0.4, 0.5) is 10.5 Å². The third kappa shape index (κ3) is 7.10. The number of anilines is 1. The summed E-state index contributed by atoms with van der Waals surface area (Å²) >= 11 is 6.55. The van der Waals surface area contributed by atoms with Crippen molar-refractivity contribution in [3.63, 3.8) is 0 Å². The molecule has 2 aliphatic heterocycles. The second kappa shape index (κ2) is 13.6. The molecule has 2 aromatic rings. The number of amides is 3. The average Bonchev–Trinajstić information content (AvgIpc) is 3.87. The molecule has 2 heterocycles. The Bertz CT molecular complexity index is 1770. The fourth-order valence-electron chi connectivity index (χ4n) is 8.49. The molecular weight excluding hydrogens is 660 g/mol. The SMILES string of the molecule is CO[C@H]1/C=C/C[C@H](C)CS(=O)(NC(=O)NC2CC2)=NC(=O)c2ccc3c(c2)N(C[C@@H]2CC[C@H]21)C[C@]1(CO3)C[C@H](C)[C@H](C)c2cc(Cl)ccc21. The smallest absolute Gasteiger partial charge is 0.327 e. The number of methoxy groups -OCH3 is 1. The number of hydrogen-bond donors (Lipinski definition) is 2. The lowest BCUT2D eigenvalue weighted by Crippen LogP contribution is -2.51. The van der Waals surface area contributed by atoms with Gasteiger partial charge in [0.15, 0.2) is 0 Å². The quantitative estimate of drug-likeness (QED) is 0.326. The van der Waals surface area contributed by atoms with E-state index in [2.05, 4.69) is 57.4 Å². The minimum absolute atomic E-state index is 0.0432. The number of nitrogens with zero attached hydrogens (tertiary/aromatic N) is 2. The van der Waals surface area contributed by atoms with Crippen molar-refractivity contribution in [2.45, 2.75) is 82.8 Å². The predicted octanol–water partition coefficient (Wildman–Crippen LogP) is 7.24. The van der Waals surface area contributed by atoms with Gasteiger partial charge < -0.3 is 19.7 Å². The zero-order chi connectivity index (χ0) is 34.5. The molecule has 264 valence electrons. The van der Waals surface area contributed by atoms with Gasteiger partial charge in [0.05, 0.1) is 24.2 Å². The molecule has 0 aromatic heterocycles. The van der Waals surface area contributed by atoms with Crippen molar-refractivity contribution in [2.24, 2.45) is 28.0 Å². The molecular formula is C38H49ClN4O5S. The molecule has 11 heteroatoms. The van der Waals surface area contributed by atoms with E-state index in [1.54, 1.807) is 13.2 Å². The van der Waals surface area contributed by atoms with Crippen molar-refractivity contribution < 1.29 is 23.3 Å². The molecule has 7 rings (SSSR count). The first-order valence-electron chi connectivity index (χ1n) is 17.8. The van der Waals surface area contributed by atoms with Gasteiger partial charge in [0, 0.05) is 42.2 Å². The van der Waals surface area contributed by atoms with Crippen LogP contribution < -0.4 is 19.7 Å². The summed E-state index contributed by atoms with van der Waals surface area (Å²) in [4.78, 5) is 29.1. The fraction of sp³-hybridized carbons (Fsp3) is 0.579. The largest absolute Gasteiger partial charge is 0.490 e. The normalized spacial score (nSPS) is 35.0. The van der Waals surface area contributed by atoms with Crippen LogP contribution in [0.25, 0.3) is 0 Å². The lowest BCUT2D eigenvalue weighted by Gasteiger charge is -2.48. The Labute approximate surface area is 295 Å². The van der Waals surface area contributed by atoms with Gasteiger partial charge in [-0.3, -0.25) is 9.52 Å². The second-order valence-electron chi connectivity index (χ2n) is 15.4. The molecule has 8 atom stereocenters. The zero-order valence-electron chi connectivity index (χ0n) is 29.0. The Balaban J connectivity index is 1.31. The summed E-state index contributed by atoms with van der Waals surface area (Å²) in [6.45, 7) is 8.57. The standard InChI is InChI=1S/C38H49ClN4O5S/c1-23-6-5-7-34(47-4)30-13-8-27(30)19-43-21-38(18-24(2)25(3)31-17-28(39)10-14-32(31)38)22-48-35-15-9-26(16-33(35)43)36(44)41-49(46,20-23)42-37(45)40-29-11-12-29/h5,7,9-10,14-17,23-25,27,29-30,34H,6,8,11-13,18-22H2,1-4H3,(H2,40,41,42,44,45,46)/b7-5+/t23-,24-,25-,27-,30+,34-,38-,49?/m0/s1. The molecule has 1 unspecified atom stereocenters. The number of allylic oxidation sites excluding steroid dienone is 1. The Morgan fingerprint density at radius 2 is 1.94 bits per heavy atom. The van der Waals surface area contributed by atoms with Gasteiger partial charge in [-0.25, -0.2) is 9.00 Å². The monoisotopic (exact) mass is 708 g/mol. The number of nitrogens with one attached hydrogen (secondary N) is 2. The summed E-state index contributed by atoms with van der Waals surface area (Å²) in [5, 5.41) is 3.57. The van der Waals surface area contributed by atoms with E-state index >= 15 is 0 Å². The molecule has 2 fully saturated rings. The molecule has 2 saturated carbocycles. The number of fused-ring (bicyclic) bond motifs is 4. The molecule has 2 aromatic carbocycles. The number of carbonyl (C=O) groups is 2. The number of benzene rings is 2. The van der Waals surface area contributed by atoms with Crippen molar-refractivity contribution in [2.75, 3.05) is 37.5 Å². The van der Waals surface area contributed by atoms with Gasteiger partial charge >= 0.3 is 6.03 Å². The maximum Gasteiger partial charge on any atom is 0.327 e. The van der Waals surface area contributed by atoms with E-state index in [1.165, 1.54) is 11.1 Å². The Kier molecular flexibility index (Phi) is 9.52. The van der Waals surface area contributed by atoms with Crippen LogP contribution in [0.15, 0.2) is 52.9 Å². The minimum Gasteiger partial charge on any atom is -0.490 e. The van der Waals surface area contributed by atoms with Gasteiger partial charge in [-0.15, -0.1) is 4.36 Å². The van der Waals surface area contributed by atoms with Gasteiger partial charge in [-0.1, -0.05) is 50.6 Å². The molecule has 49 heavy (non-hydrogen) atoms. The maximum absolute atomic E-state index is 14.3. The van der Waals surface area contributed by atoms with Gasteiger partial charge in [0.25, 0.3) is 5.91 Å². The highest BCUT2D eigenvalue weighted by atomic mass is 35.5. The number of rotatable bonds is 3. The molecule has 9 nitrogen and oxygen atoms in total. The molecule has 2 bridgehead atoms. The van der Waals surface area contributed by atoms with Crippen LogP contribution in [0.1, 0.15) is 86.7 Å². The second-order valence-corrected chi connectivity index (χ2v) is 17.8. The highest BCUT2D eigenvalue weighted by molar-refractivity contribution is 7.92. The summed E-state index contributed by atoms with van der Waals surface area (Å²) in [5.41, 5.74) is 3.42. The topological polar surface area (TPSA) is 109 Å². The van der Waals surface area contributed by atoms with E-state index in [9.17, 15) is 13.8 Å². The zero-order valence-corrected chi connectivity index (χ0v) is 30.5. The van der Waals surface area contributed by atoms with Crippen LogP contribution in [-0.4, -0.2) is 60.9 Å². The van der Waals surface area contributed by atoms with Crippen molar-refractivity contribution in [3.8, 4) is 5.75 Å². The first-order valence-corrected chi connectivity index (χ1v) is 19.9. The third-order valence-electron chi connectivity index (χ3n) is 11.6. The number of ether oxygens (including phenoxy) is 2. The lowest BCUT2D eigenvalue weighted by molar-refractivity contribution is 0.0131. The van der Waals surface area contributed by atoms with Crippen LogP contribution in [0, 0.1) is 23.7 Å². The fourth-order valence-corrected chi connectivity index (χ4v) is 10.5. The van der Waals surface area contributed by atoms with Crippen LogP contribution in [0.5, 0.6) is 5.75 Å². The van der Waals surface area contributed by atoms with E-state index in [-0.39, 0.29) is 29.2 Å². The Morgan fingerprint density at radius 3 is 2.67 bits per heavy atom. The summed E-state index contributed by atoms with van der Waals surface area (Å²) in [6, 6.07) is 11.2. The van der Waals surface area contributed by atoms with Gasteiger partial charge in [-0.2, -0.15) is 0 Å². The first kappa shape index (κ1) is 34.4. The molecule has 0 saturated heterocycles. The van der Waals surface area contributed by atoms with Gasteiger partial charge in [0.1, 0.15) is 15.7 Å². The summed E-state index contributed by atoms with van der Waals surface area (Å²) in [6.07, 6.45) is 9.72. The lowest BCUT2D eigenvalue weighted by atomic mass is 9.62. The van der Waals surface area contributed by atoms with Gasteiger partial charge in [0.2, 0.25) is 0 Å². The van der Waals surface area contributed by atoms with Crippen molar-refractivity contribution in [1.29, 1.82) is 0 Å². The predicted molar refractivity (Wildman–Crippen MR) is 194 cm³/mol. The van der Waals surface area contributed by atoms with Crippen LogP contribution in [0.3, 0.4) is 0 Å². The number of carbonyl (C=O) groups excluding carboxylic acids is 2. The molecule has 2 N–H and O–H groups in total. The first-order chi connectivity index (χ1) is 23.5. The Morgan fingerprint density at radius 1 is 1.12 bits per heavy atom. The van der Waals surface area contributed by atoms with Crippen molar-refractivity contribution in [3.05, 3.63) is 70.3 Å². The highest BCUT2D eigenvalue weighted by Gasteiger charge is 2.47. The van der Waals surface area contributed by atoms with E-state index in [1.807, 2.05) is 25.1 Å². The van der Waals surface area contributed by atoms with Crippen LogP contribution in [-0.2, 0) is 20.1 Å². The highest BCUT2D eigenvalue weighted by Crippen LogP contribution is 2.51. The van der Waals surface area contributed by atoms with Crippen molar-refractivity contribution in [1.82, 2.24) is 10.0 Å². The third-order valence-corrected chi connectivity index (χ3v) is 13.8. The summed E-state index contributed by atoms with van der Waals surface area (Å²) in [5.74, 6) is 1.57. The molecule has 3 aliphatic carbocycles. The van der Waals surface area contributed by atoms with Crippen LogP contribution in [0.2, 0.25) is 5.02 Å². The number of urea groups is 1. The van der Waals surface area contributed by atoms with Crippen molar-refractivity contribution >= 4 is 39.1 Å². The van der Waals surface area contributed by atoms with E-state index in [0.717, 1.165) is 49.4 Å². The van der Waals surface area contributed by atoms with Crippen LogP contribution >= 0.6 is 11.6 Å². The minimum atomic E-state index is -3.43. The summed E-state index contributed by atoms with van der Waals surface area (Å²) in [7, 11) is -1.66. The number of hydrogen-bond acceptors (Lipinski definition) is 6. The molecule has 3 amide bonds. The number of halogens is 1. The molecule has 0 radical (unpaired) electrons. The average molecular weight is 709 g/mol. The van der Waals surface area contributed by atoms with E-state index in [0.29, 0.717) is 54.6 Å². The summed E-state index contributed by atoms with van der Waals surface area (Å²) < 4.78 is 33.9.